The number of hydrogen-bond donors (Lipinski definition) is 2. The number of halogens is 3. The zero-order valence-electron chi connectivity index (χ0n) is 12.6. The lowest BCUT2D eigenvalue weighted by molar-refractivity contribution is -0.355. The molecule has 1 aromatic heterocycles. The predicted molar refractivity (Wildman–Crippen MR) is 76.5 cm³/mol. The molecule has 6 nitrogen and oxygen atoms in total. The molecular formula is C15H15F3N2O4. The van der Waals surface area contributed by atoms with Crippen LogP contribution in [-0.2, 0) is 6.54 Å². The molecule has 0 radical (unpaired) electrons. The van der Waals surface area contributed by atoms with E-state index in [1.807, 2.05) is 0 Å². The van der Waals surface area contributed by atoms with Gasteiger partial charge < -0.3 is 14.9 Å². The first-order chi connectivity index (χ1) is 11.1. The van der Waals surface area contributed by atoms with Crippen molar-refractivity contribution in [1.82, 2.24) is 9.78 Å². The molecule has 1 aromatic carbocycles. The number of nitrogens with zero attached hydrogens (tertiary/aromatic N) is 2. The van der Waals surface area contributed by atoms with Crippen molar-refractivity contribution in [2.45, 2.75) is 25.4 Å². The number of aliphatic hydroxyl groups is 2. The first-order valence-electron chi connectivity index (χ1n) is 6.85. The van der Waals surface area contributed by atoms with Crippen LogP contribution in [0.5, 0.6) is 5.75 Å². The number of aromatic nitrogens is 2. The molecule has 24 heavy (non-hydrogen) atoms. The third kappa shape index (κ3) is 4.33. The fourth-order valence-corrected chi connectivity index (χ4v) is 1.82. The van der Waals surface area contributed by atoms with Gasteiger partial charge in [0.05, 0.1) is 18.3 Å². The van der Waals surface area contributed by atoms with E-state index in [2.05, 4.69) is 5.10 Å². The fraction of sp³-hybridized carbons (Fsp3) is 0.333. The Bertz CT molecular complexity index is 726. The maximum absolute atomic E-state index is 12.4. The monoisotopic (exact) mass is 344 g/mol. The number of alkyl halides is 3. The Balaban J connectivity index is 2.04. The van der Waals surface area contributed by atoms with Crippen LogP contribution in [0.4, 0.5) is 13.2 Å². The summed E-state index contributed by atoms with van der Waals surface area (Å²) < 4.78 is 43.4. The highest BCUT2D eigenvalue weighted by Gasteiger charge is 2.53. The number of hydrogen-bond acceptors (Lipinski definition) is 5. The van der Waals surface area contributed by atoms with Crippen LogP contribution in [-0.4, -0.2) is 44.3 Å². The van der Waals surface area contributed by atoms with Crippen LogP contribution >= 0.6 is 0 Å². The van der Waals surface area contributed by atoms with E-state index in [0.717, 1.165) is 0 Å². The molecule has 0 amide bonds. The molecule has 0 aliphatic carbocycles. The lowest BCUT2D eigenvalue weighted by Crippen LogP contribution is -2.49. The number of ether oxygens (including phenoxy) is 1. The van der Waals surface area contributed by atoms with E-state index in [-0.39, 0.29) is 18.1 Å². The summed E-state index contributed by atoms with van der Waals surface area (Å²) in [4.78, 5) is 11.2. The summed E-state index contributed by atoms with van der Waals surface area (Å²) in [5.41, 5.74) is 1.09. The lowest BCUT2D eigenvalue weighted by Gasteiger charge is -2.24. The number of carbonyl (C=O) groups excluding carboxylic acids is 1. The molecule has 130 valence electrons. The highest BCUT2D eigenvalue weighted by molar-refractivity contribution is 5.93. The summed E-state index contributed by atoms with van der Waals surface area (Å²) in [6.07, 6.45) is -2.26. The van der Waals surface area contributed by atoms with Gasteiger partial charge in [0.2, 0.25) is 0 Å². The van der Waals surface area contributed by atoms with Gasteiger partial charge in [-0.3, -0.25) is 9.48 Å². The summed E-state index contributed by atoms with van der Waals surface area (Å²) >= 11 is 0. The molecule has 0 unspecified atom stereocenters. The highest BCUT2D eigenvalue weighted by atomic mass is 19.4. The quantitative estimate of drug-likeness (QED) is 0.616. The average molecular weight is 344 g/mol. The number of carbonyl (C=O) groups is 1. The normalized spacial score (nSPS) is 12.2. The van der Waals surface area contributed by atoms with E-state index in [1.54, 1.807) is 18.3 Å². The van der Waals surface area contributed by atoms with Gasteiger partial charge in [0, 0.05) is 6.20 Å². The number of ketones is 1. The molecule has 0 atom stereocenters. The molecule has 0 aliphatic heterocycles. The zero-order chi connectivity index (χ0) is 18.0. The van der Waals surface area contributed by atoms with E-state index in [4.69, 9.17) is 14.9 Å². The molecule has 0 spiro atoms. The van der Waals surface area contributed by atoms with Crippen molar-refractivity contribution < 1.29 is 32.9 Å². The van der Waals surface area contributed by atoms with Gasteiger partial charge in [0.1, 0.15) is 5.75 Å². The van der Waals surface area contributed by atoms with Crippen LogP contribution in [0.2, 0.25) is 0 Å². The summed E-state index contributed by atoms with van der Waals surface area (Å²) in [7, 11) is 0. The largest absolute Gasteiger partial charge is 0.488 e. The summed E-state index contributed by atoms with van der Waals surface area (Å²) in [6, 6.07) is 6.07. The van der Waals surface area contributed by atoms with Crippen LogP contribution in [0.1, 0.15) is 22.8 Å². The number of Topliss-reactive ketones (excluding diaryl/α,β-unsaturated/α-hetero) is 1. The number of rotatable bonds is 6. The molecule has 9 heteroatoms. The topological polar surface area (TPSA) is 84.6 Å². The molecule has 2 N–H and O–H groups in total. The van der Waals surface area contributed by atoms with Crippen molar-refractivity contribution in [2.75, 3.05) is 6.61 Å². The van der Waals surface area contributed by atoms with Crippen LogP contribution in [0, 0.1) is 0 Å². The Morgan fingerprint density at radius 2 is 2.04 bits per heavy atom. The van der Waals surface area contributed by atoms with Crippen molar-refractivity contribution in [3.05, 3.63) is 47.8 Å². The lowest BCUT2D eigenvalue weighted by atomic mass is 10.2. The SMILES string of the molecule is CC(=O)c1cnn(Cc2cccc(OCC(O)(O)C(F)(F)F)c2)c1. The molecule has 2 rings (SSSR count). The van der Waals surface area contributed by atoms with Gasteiger partial charge >= 0.3 is 6.18 Å². The Morgan fingerprint density at radius 1 is 1.33 bits per heavy atom. The molecule has 1 heterocycles. The van der Waals surface area contributed by atoms with E-state index >= 15 is 0 Å². The average Bonchev–Trinajstić information content (AvgIpc) is 2.93. The first kappa shape index (κ1) is 18.0. The minimum Gasteiger partial charge on any atom is -0.488 e. The van der Waals surface area contributed by atoms with Crippen LogP contribution < -0.4 is 4.74 Å². The molecule has 0 aliphatic rings. The minimum absolute atomic E-state index is 0.0446. The van der Waals surface area contributed by atoms with Crippen LogP contribution in [0.3, 0.4) is 0 Å². The van der Waals surface area contributed by atoms with Crippen LogP contribution in [0.15, 0.2) is 36.7 Å². The van der Waals surface area contributed by atoms with Gasteiger partial charge in [0.15, 0.2) is 12.4 Å². The van der Waals surface area contributed by atoms with E-state index in [0.29, 0.717) is 11.1 Å². The fourth-order valence-electron chi connectivity index (χ4n) is 1.82. The zero-order valence-corrected chi connectivity index (χ0v) is 12.6. The Labute approximate surface area is 135 Å². The minimum atomic E-state index is -5.22. The van der Waals surface area contributed by atoms with Crippen molar-refractivity contribution in [3.63, 3.8) is 0 Å². The third-order valence-electron chi connectivity index (χ3n) is 3.18. The molecule has 0 fully saturated rings. The summed E-state index contributed by atoms with van der Waals surface area (Å²) in [5.74, 6) is -4.02. The first-order valence-corrected chi connectivity index (χ1v) is 6.85. The molecule has 0 saturated heterocycles. The van der Waals surface area contributed by atoms with Crippen molar-refractivity contribution >= 4 is 5.78 Å². The molecule has 2 aromatic rings. The molecule has 0 saturated carbocycles. The van der Waals surface area contributed by atoms with Gasteiger partial charge in [-0.15, -0.1) is 0 Å². The maximum Gasteiger partial charge on any atom is 0.446 e. The van der Waals surface area contributed by atoms with Gasteiger partial charge in [-0.1, -0.05) is 12.1 Å². The Hall–Kier alpha value is -2.39. The third-order valence-corrected chi connectivity index (χ3v) is 3.18. The standard InChI is InChI=1S/C15H15F3N2O4/c1-10(21)12-6-19-20(8-12)7-11-3-2-4-13(5-11)24-9-14(22,23)15(16,17)18/h2-6,8,22-23H,7,9H2,1H3. The Kier molecular flexibility index (Phi) is 4.95. The van der Waals surface area contributed by atoms with Crippen molar-refractivity contribution in [2.24, 2.45) is 0 Å². The smallest absolute Gasteiger partial charge is 0.446 e. The number of benzene rings is 1. The van der Waals surface area contributed by atoms with E-state index in [9.17, 15) is 18.0 Å². The second-order valence-corrected chi connectivity index (χ2v) is 5.23. The predicted octanol–water partition coefficient (Wildman–Crippen LogP) is 1.76. The Morgan fingerprint density at radius 3 is 2.62 bits per heavy atom. The molecule has 0 bridgehead atoms. The summed E-state index contributed by atoms with van der Waals surface area (Å²) in [5, 5.41) is 21.9. The van der Waals surface area contributed by atoms with Crippen molar-refractivity contribution in [1.29, 1.82) is 0 Å². The second-order valence-electron chi connectivity index (χ2n) is 5.23. The van der Waals surface area contributed by atoms with Gasteiger partial charge in [-0.2, -0.15) is 18.3 Å². The van der Waals surface area contributed by atoms with Gasteiger partial charge in [-0.25, -0.2) is 0 Å². The van der Waals surface area contributed by atoms with Crippen LogP contribution in [0.25, 0.3) is 0 Å². The van der Waals surface area contributed by atoms with Gasteiger partial charge in [0.25, 0.3) is 5.79 Å². The van der Waals surface area contributed by atoms with E-state index in [1.165, 1.54) is 29.9 Å². The maximum atomic E-state index is 12.4. The second kappa shape index (κ2) is 6.62. The van der Waals surface area contributed by atoms with Crippen molar-refractivity contribution in [3.8, 4) is 5.75 Å². The summed E-state index contributed by atoms with van der Waals surface area (Å²) in [6.45, 7) is 0.329. The van der Waals surface area contributed by atoms with E-state index < -0.39 is 18.6 Å². The highest BCUT2D eigenvalue weighted by Crippen LogP contribution is 2.28. The molecular weight excluding hydrogens is 329 g/mol. The van der Waals surface area contributed by atoms with Gasteiger partial charge in [-0.05, 0) is 24.6 Å².